The summed E-state index contributed by atoms with van der Waals surface area (Å²) in [6, 6.07) is 15.4. The van der Waals surface area contributed by atoms with E-state index in [0.29, 0.717) is 9.71 Å². The van der Waals surface area contributed by atoms with Crippen molar-refractivity contribution in [2.75, 3.05) is 5.32 Å². The maximum Gasteiger partial charge on any atom is 0.433 e. The number of amides is 1. The smallest absolute Gasteiger partial charge is 0.320 e. The summed E-state index contributed by atoms with van der Waals surface area (Å²) in [7, 11) is 0. The van der Waals surface area contributed by atoms with Gasteiger partial charge in [0.1, 0.15) is 10.5 Å². The van der Waals surface area contributed by atoms with E-state index < -0.39 is 17.8 Å². The van der Waals surface area contributed by atoms with E-state index in [9.17, 15) is 18.0 Å². The Balaban J connectivity index is 1.56. The van der Waals surface area contributed by atoms with Crippen LogP contribution in [0, 0.1) is 0 Å². The van der Waals surface area contributed by atoms with E-state index in [0.717, 1.165) is 28.8 Å². The third-order valence-corrected chi connectivity index (χ3v) is 5.07. The molecule has 4 nitrogen and oxygen atoms in total. The van der Waals surface area contributed by atoms with Crippen LogP contribution in [0.15, 0.2) is 67.0 Å². The van der Waals surface area contributed by atoms with Crippen LogP contribution in [0.5, 0.6) is 0 Å². The lowest BCUT2D eigenvalue weighted by Gasteiger charge is -2.07. The van der Waals surface area contributed by atoms with Gasteiger partial charge in [-0.25, -0.2) is 9.97 Å². The number of benzene rings is 1. The second kappa shape index (κ2) is 7.05. The van der Waals surface area contributed by atoms with Gasteiger partial charge < -0.3 is 5.32 Å². The highest BCUT2D eigenvalue weighted by molar-refractivity contribution is 7.20. The number of rotatable bonds is 3. The predicted octanol–water partition coefficient (Wildman–Crippen LogP) is 5.63. The number of carbonyl (C=O) groups excluding carboxylic acids is 1. The Morgan fingerprint density at radius 1 is 0.929 bits per heavy atom. The van der Waals surface area contributed by atoms with E-state index in [4.69, 9.17) is 0 Å². The quantitative estimate of drug-likeness (QED) is 0.486. The van der Waals surface area contributed by atoms with Gasteiger partial charge in [-0.05, 0) is 29.8 Å². The number of aromatic nitrogens is 2. The molecule has 0 atom stereocenters. The number of carbonyl (C=O) groups is 1. The summed E-state index contributed by atoms with van der Waals surface area (Å²) in [4.78, 5) is 21.3. The molecule has 0 fully saturated rings. The van der Waals surface area contributed by atoms with Gasteiger partial charge in [-0.3, -0.25) is 4.79 Å². The fraction of sp³-hybridized carbons (Fsp3) is 0.0500. The van der Waals surface area contributed by atoms with Gasteiger partial charge in [-0.1, -0.05) is 30.3 Å². The van der Waals surface area contributed by atoms with Crippen molar-refractivity contribution in [3.63, 3.8) is 0 Å². The third kappa shape index (κ3) is 3.72. The second-order valence-electron chi connectivity index (χ2n) is 5.98. The third-order valence-electron chi connectivity index (χ3n) is 4.01. The van der Waals surface area contributed by atoms with Crippen molar-refractivity contribution in [3.05, 3.63) is 77.6 Å². The highest BCUT2D eigenvalue weighted by Gasteiger charge is 2.32. The molecule has 0 saturated heterocycles. The van der Waals surface area contributed by atoms with E-state index in [1.165, 1.54) is 17.4 Å². The normalized spacial score (nSPS) is 11.5. The Kier molecular flexibility index (Phi) is 4.56. The van der Waals surface area contributed by atoms with Crippen molar-refractivity contribution in [2.45, 2.75) is 6.18 Å². The first-order valence-corrected chi connectivity index (χ1v) is 9.01. The summed E-state index contributed by atoms with van der Waals surface area (Å²) in [5.41, 5.74) is 1.13. The van der Waals surface area contributed by atoms with Gasteiger partial charge in [0.25, 0.3) is 5.91 Å². The molecule has 8 heteroatoms. The Morgan fingerprint density at radius 2 is 1.71 bits per heavy atom. The molecule has 1 N–H and O–H groups in total. The number of anilines is 1. The lowest BCUT2D eigenvalue weighted by atomic mass is 10.1. The summed E-state index contributed by atoms with van der Waals surface area (Å²) >= 11 is 1.21. The average Bonchev–Trinajstić information content (AvgIpc) is 3.12. The van der Waals surface area contributed by atoms with Crippen LogP contribution >= 0.6 is 11.3 Å². The molecule has 3 heterocycles. The molecule has 4 aromatic rings. The Hall–Kier alpha value is -3.26. The van der Waals surface area contributed by atoms with Crippen molar-refractivity contribution in [3.8, 4) is 11.1 Å². The molecule has 0 spiro atoms. The van der Waals surface area contributed by atoms with E-state index in [1.807, 2.05) is 36.4 Å². The van der Waals surface area contributed by atoms with Crippen LogP contribution in [0.3, 0.4) is 0 Å². The molecular weight excluding hydrogens is 387 g/mol. The van der Waals surface area contributed by atoms with E-state index in [1.54, 1.807) is 12.3 Å². The number of halogens is 3. The number of thiophene rings is 1. The summed E-state index contributed by atoms with van der Waals surface area (Å²) in [5.74, 6) is -0.425. The first kappa shape index (κ1) is 18.1. The summed E-state index contributed by atoms with van der Waals surface area (Å²) in [6.45, 7) is 0. The molecule has 1 amide bonds. The molecule has 4 rings (SSSR count). The molecule has 1 aromatic carbocycles. The number of pyridine rings is 2. The molecule has 0 bridgehead atoms. The number of fused-ring (bicyclic) bond motifs is 1. The molecule has 28 heavy (non-hydrogen) atoms. The van der Waals surface area contributed by atoms with Gasteiger partial charge in [0.05, 0.1) is 16.8 Å². The summed E-state index contributed by atoms with van der Waals surface area (Å²) < 4.78 is 37.7. The first-order chi connectivity index (χ1) is 13.4. The van der Waals surface area contributed by atoms with E-state index in [2.05, 4.69) is 15.3 Å². The minimum Gasteiger partial charge on any atom is -0.320 e. The minimum atomic E-state index is -4.52. The van der Waals surface area contributed by atoms with Gasteiger partial charge in [0, 0.05) is 17.1 Å². The van der Waals surface area contributed by atoms with Gasteiger partial charge in [-0.2, -0.15) is 13.2 Å². The zero-order valence-electron chi connectivity index (χ0n) is 14.2. The SMILES string of the molecule is O=C(Nc1ccc(C(F)(F)F)nc1)c1cc2cc(-c3ccccc3)cnc2s1. The van der Waals surface area contributed by atoms with Gasteiger partial charge >= 0.3 is 6.18 Å². The molecule has 0 radical (unpaired) electrons. The molecule has 0 saturated carbocycles. The lowest BCUT2D eigenvalue weighted by molar-refractivity contribution is -0.141. The number of hydrogen-bond acceptors (Lipinski definition) is 4. The second-order valence-corrected chi connectivity index (χ2v) is 7.01. The largest absolute Gasteiger partial charge is 0.433 e. The molecule has 0 aliphatic rings. The van der Waals surface area contributed by atoms with Crippen molar-refractivity contribution in [1.82, 2.24) is 9.97 Å². The Bertz CT molecular complexity index is 1140. The van der Waals surface area contributed by atoms with Crippen LogP contribution in [-0.2, 0) is 6.18 Å². The minimum absolute atomic E-state index is 0.188. The zero-order valence-corrected chi connectivity index (χ0v) is 15.0. The van der Waals surface area contributed by atoms with E-state index in [-0.39, 0.29) is 5.69 Å². The van der Waals surface area contributed by atoms with Gasteiger partial charge in [-0.15, -0.1) is 11.3 Å². The van der Waals surface area contributed by atoms with Crippen molar-refractivity contribution in [1.29, 1.82) is 0 Å². The molecule has 3 aromatic heterocycles. The number of nitrogens with zero attached hydrogens (tertiary/aromatic N) is 2. The fourth-order valence-electron chi connectivity index (χ4n) is 2.66. The first-order valence-electron chi connectivity index (χ1n) is 8.20. The Labute approximate surface area is 161 Å². The topological polar surface area (TPSA) is 54.9 Å². The highest BCUT2D eigenvalue weighted by Crippen LogP contribution is 2.30. The molecular formula is C20H12F3N3OS. The van der Waals surface area contributed by atoms with Crippen LogP contribution in [0.4, 0.5) is 18.9 Å². The molecule has 140 valence electrons. The Morgan fingerprint density at radius 3 is 2.39 bits per heavy atom. The van der Waals surface area contributed by atoms with Crippen molar-refractivity contribution < 1.29 is 18.0 Å². The van der Waals surface area contributed by atoms with Crippen LogP contribution in [0.2, 0.25) is 0 Å². The van der Waals surface area contributed by atoms with Crippen molar-refractivity contribution >= 4 is 33.1 Å². The number of nitrogens with one attached hydrogen (secondary N) is 1. The molecule has 0 aliphatic carbocycles. The average molecular weight is 399 g/mol. The summed E-state index contributed by atoms with van der Waals surface area (Å²) in [5, 5.41) is 3.38. The molecule has 0 aliphatic heterocycles. The van der Waals surface area contributed by atoms with Crippen LogP contribution in [0.25, 0.3) is 21.3 Å². The van der Waals surface area contributed by atoms with Crippen LogP contribution < -0.4 is 5.32 Å². The predicted molar refractivity (Wildman–Crippen MR) is 102 cm³/mol. The molecule has 0 unspecified atom stereocenters. The zero-order chi connectivity index (χ0) is 19.7. The maximum absolute atomic E-state index is 12.6. The van der Waals surface area contributed by atoms with Gasteiger partial charge in [0.15, 0.2) is 0 Å². The monoisotopic (exact) mass is 399 g/mol. The standard InChI is InChI=1S/C20H12F3N3OS/c21-20(22,23)17-7-6-15(11-24-17)26-18(27)16-9-13-8-14(10-25-19(13)28-16)12-4-2-1-3-5-12/h1-11H,(H,26,27). The van der Waals surface area contributed by atoms with Crippen molar-refractivity contribution in [2.24, 2.45) is 0 Å². The highest BCUT2D eigenvalue weighted by atomic mass is 32.1. The summed E-state index contributed by atoms with van der Waals surface area (Å²) in [6.07, 6.45) is -1.79. The van der Waals surface area contributed by atoms with Crippen LogP contribution in [0.1, 0.15) is 15.4 Å². The lowest BCUT2D eigenvalue weighted by Crippen LogP contribution is -2.12. The van der Waals surface area contributed by atoms with Gasteiger partial charge in [0.2, 0.25) is 0 Å². The number of hydrogen-bond donors (Lipinski definition) is 1. The van der Waals surface area contributed by atoms with E-state index >= 15 is 0 Å². The van der Waals surface area contributed by atoms with Crippen LogP contribution in [-0.4, -0.2) is 15.9 Å². The maximum atomic E-state index is 12.6. The fourth-order valence-corrected chi connectivity index (χ4v) is 3.54. The number of alkyl halides is 3.